The average molecular weight is 174 g/mol. The van der Waals surface area contributed by atoms with Gasteiger partial charge in [0.1, 0.15) is 6.10 Å². The van der Waals surface area contributed by atoms with Crippen LogP contribution in [-0.2, 0) is 4.74 Å². The molecule has 0 amide bonds. The number of hydrogen-bond donors (Lipinski definition) is 0. The van der Waals surface area contributed by atoms with Crippen LogP contribution in [-0.4, -0.2) is 6.10 Å². The Kier molecular flexibility index (Phi) is 1.43. The lowest BCUT2D eigenvalue weighted by Crippen LogP contribution is -2.25. The Morgan fingerprint density at radius 2 is 2.00 bits per heavy atom. The summed E-state index contributed by atoms with van der Waals surface area (Å²) in [7, 11) is 0. The number of allylic oxidation sites excluding steroid dienone is 3. The molecule has 0 aromatic rings. The van der Waals surface area contributed by atoms with E-state index in [1.165, 1.54) is 6.42 Å². The van der Waals surface area contributed by atoms with Crippen LogP contribution in [0.1, 0.15) is 6.42 Å². The molecule has 0 aromatic heterocycles. The van der Waals surface area contributed by atoms with Crippen LogP contribution >= 0.6 is 0 Å². The van der Waals surface area contributed by atoms with Crippen LogP contribution in [0.3, 0.4) is 0 Å². The summed E-state index contributed by atoms with van der Waals surface area (Å²) in [4.78, 5) is 0. The van der Waals surface area contributed by atoms with Gasteiger partial charge in [0.25, 0.3) is 0 Å². The highest BCUT2D eigenvalue weighted by Gasteiger charge is 2.49. The van der Waals surface area contributed by atoms with Crippen molar-refractivity contribution < 1.29 is 4.74 Å². The Morgan fingerprint density at radius 1 is 1.15 bits per heavy atom. The van der Waals surface area contributed by atoms with Gasteiger partial charge in [-0.15, -0.1) is 0 Å². The van der Waals surface area contributed by atoms with Crippen LogP contribution < -0.4 is 0 Å². The highest BCUT2D eigenvalue weighted by atomic mass is 16.5. The summed E-state index contributed by atoms with van der Waals surface area (Å²) in [6.45, 7) is 3.63. The van der Waals surface area contributed by atoms with Gasteiger partial charge in [-0.3, -0.25) is 0 Å². The van der Waals surface area contributed by atoms with Gasteiger partial charge < -0.3 is 4.74 Å². The SMILES string of the molecule is C=CO[C@H]1C=C[C@H]2[C@@H]1[C@H]1C=C[C@@H]2C1. The number of ether oxygens (including phenoxy) is 1. The molecule has 1 saturated carbocycles. The summed E-state index contributed by atoms with van der Waals surface area (Å²) < 4.78 is 5.51. The van der Waals surface area contributed by atoms with Crippen molar-refractivity contribution in [2.24, 2.45) is 23.7 Å². The lowest BCUT2D eigenvalue weighted by Gasteiger charge is -2.25. The summed E-state index contributed by atoms with van der Waals surface area (Å²) in [5, 5.41) is 0. The van der Waals surface area contributed by atoms with Crippen LogP contribution in [0.4, 0.5) is 0 Å². The minimum Gasteiger partial charge on any atom is -0.494 e. The lowest BCUT2D eigenvalue weighted by atomic mass is 9.84. The molecule has 1 fully saturated rings. The summed E-state index contributed by atoms with van der Waals surface area (Å²) >= 11 is 0. The fourth-order valence-corrected chi connectivity index (χ4v) is 3.25. The van der Waals surface area contributed by atoms with Crippen molar-refractivity contribution in [2.75, 3.05) is 0 Å². The minimum atomic E-state index is 0.294. The Hall–Kier alpha value is -0.980. The van der Waals surface area contributed by atoms with E-state index in [9.17, 15) is 0 Å². The summed E-state index contributed by atoms with van der Waals surface area (Å²) in [5.41, 5.74) is 0. The van der Waals surface area contributed by atoms with E-state index < -0.39 is 0 Å². The van der Waals surface area contributed by atoms with E-state index in [2.05, 4.69) is 30.9 Å². The van der Waals surface area contributed by atoms with Gasteiger partial charge in [0, 0.05) is 5.92 Å². The standard InChI is InChI=1S/C12H14O/c1-2-13-11-6-5-10-8-3-4-9(7-8)12(10)11/h2-6,8-12H,1,7H2/t8-,9+,10-,11+,12+/m1/s1. The normalized spacial score (nSPS) is 49.7. The molecule has 0 radical (unpaired) electrons. The smallest absolute Gasteiger partial charge is 0.120 e. The van der Waals surface area contributed by atoms with Crippen LogP contribution in [0.25, 0.3) is 0 Å². The van der Waals surface area contributed by atoms with E-state index in [0.717, 1.165) is 17.8 Å². The summed E-state index contributed by atoms with van der Waals surface area (Å²) in [6, 6.07) is 0. The molecule has 1 nitrogen and oxygen atoms in total. The minimum absolute atomic E-state index is 0.294. The molecule has 68 valence electrons. The quantitative estimate of drug-likeness (QED) is 0.461. The summed E-state index contributed by atoms with van der Waals surface area (Å²) in [5.74, 6) is 3.01. The Bertz CT molecular complexity index is 289. The largest absolute Gasteiger partial charge is 0.494 e. The topological polar surface area (TPSA) is 9.23 Å². The monoisotopic (exact) mass is 174 g/mol. The third-order valence-corrected chi connectivity index (χ3v) is 3.74. The zero-order valence-corrected chi connectivity index (χ0v) is 7.60. The highest BCUT2D eigenvalue weighted by Crippen LogP contribution is 2.53. The first-order chi connectivity index (χ1) is 6.40. The Balaban J connectivity index is 1.87. The molecule has 0 unspecified atom stereocenters. The molecule has 0 N–H and O–H groups in total. The summed E-state index contributed by atoms with van der Waals surface area (Å²) in [6.07, 6.45) is 12.5. The zero-order chi connectivity index (χ0) is 8.84. The molecule has 0 spiro atoms. The Labute approximate surface area is 78.8 Å². The maximum absolute atomic E-state index is 5.51. The van der Waals surface area contributed by atoms with Crippen molar-refractivity contribution in [1.29, 1.82) is 0 Å². The lowest BCUT2D eigenvalue weighted by molar-refractivity contribution is 0.110. The molecule has 2 bridgehead atoms. The molecule has 0 aliphatic heterocycles. The van der Waals surface area contributed by atoms with Gasteiger partial charge in [-0.25, -0.2) is 0 Å². The third kappa shape index (κ3) is 0.874. The van der Waals surface area contributed by atoms with E-state index in [0.29, 0.717) is 12.0 Å². The average Bonchev–Trinajstić information content (AvgIpc) is 2.74. The van der Waals surface area contributed by atoms with Gasteiger partial charge in [0.15, 0.2) is 0 Å². The van der Waals surface area contributed by atoms with Gasteiger partial charge in [-0.1, -0.05) is 24.8 Å². The van der Waals surface area contributed by atoms with E-state index in [4.69, 9.17) is 4.74 Å². The zero-order valence-electron chi connectivity index (χ0n) is 7.60. The fraction of sp³-hybridized carbons (Fsp3) is 0.500. The van der Waals surface area contributed by atoms with Gasteiger partial charge in [0.2, 0.25) is 0 Å². The van der Waals surface area contributed by atoms with Crippen LogP contribution in [0.15, 0.2) is 37.1 Å². The predicted molar refractivity (Wildman–Crippen MR) is 51.9 cm³/mol. The molecule has 3 aliphatic rings. The molecule has 0 saturated heterocycles. The molecule has 3 aliphatic carbocycles. The van der Waals surface area contributed by atoms with Crippen LogP contribution in [0.2, 0.25) is 0 Å². The van der Waals surface area contributed by atoms with E-state index >= 15 is 0 Å². The molecule has 3 rings (SSSR count). The highest BCUT2D eigenvalue weighted by molar-refractivity contribution is 5.25. The van der Waals surface area contributed by atoms with E-state index in [1.54, 1.807) is 6.26 Å². The fourth-order valence-electron chi connectivity index (χ4n) is 3.25. The molecular formula is C12H14O. The molecule has 0 heterocycles. The molecule has 13 heavy (non-hydrogen) atoms. The maximum Gasteiger partial charge on any atom is 0.120 e. The molecule has 0 aromatic carbocycles. The van der Waals surface area contributed by atoms with Crippen molar-refractivity contribution in [3.63, 3.8) is 0 Å². The second-order valence-electron chi connectivity index (χ2n) is 4.26. The van der Waals surface area contributed by atoms with E-state index in [1.807, 2.05) is 0 Å². The Morgan fingerprint density at radius 3 is 2.85 bits per heavy atom. The first-order valence-corrected chi connectivity index (χ1v) is 5.03. The van der Waals surface area contributed by atoms with Gasteiger partial charge in [0.05, 0.1) is 6.26 Å². The number of hydrogen-bond acceptors (Lipinski definition) is 1. The van der Waals surface area contributed by atoms with Crippen molar-refractivity contribution in [2.45, 2.75) is 12.5 Å². The second-order valence-corrected chi connectivity index (χ2v) is 4.26. The second kappa shape index (κ2) is 2.50. The van der Waals surface area contributed by atoms with Crippen molar-refractivity contribution in [3.05, 3.63) is 37.1 Å². The van der Waals surface area contributed by atoms with Gasteiger partial charge >= 0.3 is 0 Å². The van der Waals surface area contributed by atoms with Crippen molar-refractivity contribution >= 4 is 0 Å². The van der Waals surface area contributed by atoms with Gasteiger partial charge in [-0.05, 0) is 30.3 Å². The number of fused-ring (bicyclic) bond motifs is 5. The van der Waals surface area contributed by atoms with E-state index in [-0.39, 0.29) is 0 Å². The first kappa shape index (κ1) is 7.43. The molecular weight excluding hydrogens is 160 g/mol. The maximum atomic E-state index is 5.51. The van der Waals surface area contributed by atoms with Crippen LogP contribution in [0, 0.1) is 23.7 Å². The molecule has 1 heteroatoms. The van der Waals surface area contributed by atoms with Crippen LogP contribution in [0.5, 0.6) is 0 Å². The third-order valence-electron chi connectivity index (χ3n) is 3.74. The van der Waals surface area contributed by atoms with Crippen molar-refractivity contribution in [1.82, 2.24) is 0 Å². The number of rotatable bonds is 2. The predicted octanol–water partition coefficient (Wildman–Crippen LogP) is 2.52. The van der Waals surface area contributed by atoms with Crippen molar-refractivity contribution in [3.8, 4) is 0 Å². The first-order valence-electron chi connectivity index (χ1n) is 5.03. The van der Waals surface area contributed by atoms with Gasteiger partial charge in [-0.2, -0.15) is 0 Å². The molecule has 5 atom stereocenters.